The van der Waals surface area contributed by atoms with Gasteiger partial charge in [-0.15, -0.1) is 0 Å². The molecule has 21 heavy (non-hydrogen) atoms. The summed E-state index contributed by atoms with van der Waals surface area (Å²) >= 11 is 0. The quantitative estimate of drug-likeness (QED) is 0.919. The highest BCUT2D eigenvalue weighted by Gasteiger charge is 2.31. The van der Waals surface area contributed by atoms with Crippen LogP contribution in [0.4, 0.5) is 0 Å². The molecule has 0 spiro atoms. The number of nitrogens with one attached hydrogen (secondary N) is 1. The fraction of sp³-hybridized carbons (Fsp3) is 0.625. The van der Waals surface area contributed by atoms with Crippen LogP contribution in [0.15, 0.2) is 24.5 Å². The molecule has 1 aromatic heterocycles. The van der Waals surface area contributed by atoms with Crippen LogP contribution in [0.25, 0.3) is 0 Å². The third-order valence-electron chi connectivity index (χ3n) is 4.30. The molecule has 2 fully saturated rings. The normalized spacial score (nSPS) is 24.7. The number of hydrogen-bond acceptors (Lipinski definition) is 4. The number of aromatic nitrogens is 1. The SMILES string of the molecule is O=C(NC(c1cccnc1)C1CCOCC1)C1CCCO1. The van der Waals surface area contributed by atoms with Gasteiger partial charge in [0.15, 0.2) is 0 Å². The van der Waals surface area contributed by atoms with Gasteiger partial charge in [0.1, 0.15) is 6.10 Å². The molecular weight excluding hydrogens is 268 g/mol. The van der Waals surface area contributed by atoms with Crippen LogP contribution in [0.5, 0.6) is 0 Å². The fourth-order valence-electron chi connectivity index (χ4n) is 3.11. The maximum Gasteiger partial charge on any atom is 0.249 e. The van der Waals surface area contributed by atoms with E-state index in [1.165, 1.54) is 0 Å². The van der Waals surface area contributed by atoms with Crippen molar-refractivity contribution in [2.24, 2.45) is 5.92 Å². The summed E-state index contributed by atoms with van der Waals surface area (Å²) in [5, 5.41) is 3.19. The van der Waals surface area contributed by atoms with Gasteiger partial charge >= 0.3 is 0 Å². The van der Waals surface area contributed by atoms with Crippen molar-refractivity contribution in [1.82, 2.24) is 10.3 Å². The molecule has 3 rings (SSSR count). The molecule has 0 saturated carbocycles. The molecule has 5 heteroatoms. The second kappa shape index (κ2) is 7.00. The van der Waals surface area contributed by atoms with Crippen molar-refractivity contribution in [3.05, 3.63) is 30.1 Å². The minimum atomic E-state index is -0.288. The van der Waals surface area contributed by atoms with Crippen molar-refractivity contribution in [3.8, 4) is 0 Å². The molecular formula is C16H22N2O3. The highest BCUT2D eigenvalue weighted by atomic mass is 16.5. The van der Waals surface area contributed by atoms with E-state index in [2.05, 4.69) is 10.3 Å². The molecule has 2 aliphatic heterocycles. The summed E-state index contributed by atoms with van der Waals surface area (Å²) in [5.74, 6) is 0.404. The Bertz CT molecular complexity index is 454. The Morgan fingerprint density at radius 1 is 1.29 bits per heavy atom. The number of rotatable bonds is 4. The summed E-state index contributed by atoms with van der Waals surface area (Å²) < 4.78 is 10.9. The van der Waals surface area contributed by atoms with Gasteiger partial charge in [0.25, 0.3) is 0 Å². The summed E-state index contributed by atoms with van der Waals surface area (Å²) in [7, 11) is 0. The van der Waals surface area contributed by atoms with Crippen LogP contribution in [0, 0.1) is 5.92 Å². The number of amides is 1. The number of ether oxygens (including phenoxy) is 2. The number of nitrogens with zero attached hydrogens (tertiary/aromatic N) is 1. The van der Waals surface area contributed by atoms with Crippen LogP contribution in [-0.4, -0.2) is 36.8 Å². The highest BCUT2D eigenvalue weighted by Crippen LogP contribution is 2.30. The second-order valence-electron chi connectivity index (χ2n) is 5.72. The zero-order valence-corrected chi connectivity index (χ0v) is 12.2. The summed E-state index contributed by atoms with van der Waals surface area (Å²) in [6, 6.07) is 3.95. The van der Waals surface area contributed by atoms with Crippen LogP contribution >= 0.6 is 0 Å². The largest absolute Gasteiger partial charge is 0.381 e. The smallest absolute Gasteiger partial charge is 0.249 e. The molecule has 1 amide bonds. The van der Waals surface area contributed by atoms with E-state index in [0.29, 0.717) is 12.5 Å². The Kier molecular flexibility index (Phi) is 4.83. The Balaban J connectivity index is 1.73. The first-order chi connectivity index (χ1) is 10.3. The minimum absolute atomic E-state index is 0.000648. The maximum absolute atomic E-state index is 12.4. The molecule has 2 atom stereocenters. The van der Waals surface area contributed by atoms with Gasteiger partial charge in [-0.2, -0.15) is 0 Å². The van der Waals surface area contributed by atoms with E-state index in [1.807, 2.05) is 18.3 Å². The molecule has 0 aliphatic carbocycles. The molecule has 2 aliphatic rings. The molecule has 114 valence electrons. The average molecular weight is 290 g/mol. The van der Waals surface area contributed by atoms with Gasteiger partial charge < -0.3 is 14.8 Å². The van der Waals surface area contributed by atoms with Gasteiger partial charge in [-0.1, -0.05) is 6.07 Å². The van der Waals surface area contributed by atoms with Crippen molar-refractivity contribution in [2.75, 3.05) is 19.8 Å². The van der Waals surface area contributed by atoms with Gasteiger partial charge in [0.2, 0.25) is 5.91 Å². The number of hydrogen-bond donors (Lipinski definition) is 1. The Morgan fingerprint density at radius 3 is 2.81 bits per heavy atom. The Labute approximate surface area is 125 Å². The van der Waals surface area contributed by atoms with Crippen LogP contribution in [0.1, 0.15) is 37.3 Å². The van der Waals surface area contributed by atoms with Crippen LogP contribution < -0.4 is 5.32 Å². The lowest BCUT2D eigenvalue weighted by Gasteiger charge is -2.31. The Hall–Kier alpha value is -1.46. The molecule has 2 unspecified atom stereocenters. The van der Waals surface area contributed by atoms with E-state index in [4.69, 9.17) is 9.47 Å². The van der Waals surface area contributed by atoms with Gasteiger partial charge in [0, 0.05) is 32.2 Å². The second-order valence-corrected chi connectivity index (χ2v) is 5.72. The van der Waals surface area contributed by atoms with Crippen molar-refractivity contribution >= 4 is 5.91 Å². The molecule has 2 saturated heterocycles. The predicted molar refractivity (Wildman–Crippen MR) is 77.6 cm³/mol. The number of carbonyl (C=O) groups is 1. The van der Waals surface area contributed by atoms with Crippen LogP contribution in [-0.2, 0) is 14.3 Å². The Morgan fingerprint density at radius 2 is 2.14 bits per heavy atom. The predicted octanol–water partition coefficient (Wildman–Crippen LogP) is 1.84. The number of pyridine rings is 1. The fourth-order valence-corrected chi connectivity index (χ4v) is 3.11. The van der Waals surface area contributed by atoms with E-state index in [0.717, 1.165) is 44.5 Å². The molecule has 3 heterocycles. The van der Waals surface area contributed by atoms with E-state index in [-0.39, 0.29) is 18.1 Å². The third kappa shape index (κ3) is 3.60. The lowest BCUT2D eigenvalue weighted by molar-refractivity contribution is -0.131. The molecule has 5 nitrogen and oxygen atoms in total. The molecule has 1 aromatic rings. The van der Waals surface area contributed by atoms with Gasteiger partial charge in [-0.25, -0.2) is 0 Å². The van der Waals surface area contributed by atoms with Gasteiger partial charge in [-0.3, -0.25) is 9.78 Å². The standard InChI is InChI=1S/C16H22N2O3/c19-16(14-4-2-8-21-14)18-15(12-5-9-20-10-6-12)13-3-1-7-17-11-13/h1,3,7,11-12,14-15H,2,4-6,8-10H2,(H,18,19). The summed E-state index contributed by atoms with van der Waals surface area (Å²) in [5.41, 5.74) is 1.07. The van der Waals surface area contributed by atoms with E-state index < -0.39 is 0 Å². The first-order valence-electron chi connectivity index (χ1n) is 7.74. The molecule has 1 N–H and O–H groups in total. The van der Waals surface area contributed by atoms with E-state index in [1.54, 1.807) is 6.20 Å². The van der Waals surface area contributed by atoms with E-state index >= 15 is 0 Å². The van der Waals surface area contributed by atoms with Crippen molar-refractivity contribution < 1.29 is 14.3 Å². The highest BCUT2D eigenvalue weighted by molar-refractivity contribution is 5.81. The van der Waals surface area contributed by atoms with E-state index in [9.17, 15) is 4.79 Å². The lowest BCUT2D eigenvalue weighted by Crippen LogP contribution is -2.41. The summed E-state index contributed by atoms with van der Waals surface area (Å²) in [6.45, 7) is 2.21. The number of carbonyl (C=O) groups excluding carboxylic acids is 1. The van der Waals surface area contributed by atoms with Crippen LogP contribution in [0.2, 0.25) is 0 Å². The van der Waals surface area contributed by atoms with Gasteiger partial charge in [0.05, 0.1) is 6.04 Å². The maximum atomic E-state index is 12.4. The minimum Gasteiger partial charge on any atom is -0.381 e. The zero-order valence-electron chi connectivity index (χ0n) is 12.2. The lowest BCUT2D eigenvalue weighted by atomic mass is 9.87. The van der Waals surface area contributed by atoms with Gasteiger partial charge in [-0.05, 0) is 43.2 Å². The van der Waals surface area contributed by atoms with Crippen molar-refractivity contribution in [1.29, 1.82) is 0 Å². The van der Waals surface area contributed by atoms with Crippen LogP contribution in [0.3, 0.4) is 0 Å². The monoisotopic (exact) mass is 290 g/mol. The molecule has 0 bridgehead atoms. The topological polar surface area (TPSA) is 60.5 Å². The first kappa shape index (κ1) is 14.5. The van der Waals surface area contributed by atoms with Crippen molar-refractivity contribution in [2.45, 2.75) is 37.8 Å². The average Bonchev–Trinajstić information content (AvgIpc) is 3.09. The molecule has 0 radical (unpaired) electrons. The first-order valence-corrected chi connectivity index (χ1v) is 7.74. The van der Waals surface area contributed by atoms with Crippen molar-refractivity contribution in [3.63, 3.8) is 0 Å². The summed E-state index contributed by atoms with van der Waals surface area (Å²) in [4.78, 5) is 16.6. The third-order valence-corrected chi connectivity index (χ3v) is 4.30. The summed E-state index contributed by atoms with van der Waals surface area (Å²) in [6.07, 6.45) is 7.02. The molecule has 0 aromatic carbocycles. The zero-order chi connectivity index (χ0) is 14.5.